The van der Waals surface area contributed by atoms with E-state index < -0.39 is 15.9 Å². The lowest BCUT2D eigenvalue weighted by Gasteiger charge is -2.24. The molecule has 0 bridgehead atoms. The Labute approximate surface area is 176 Å². The fourth-order valence-corrected chi connectivity index (χ4v) is 4.85. The largest absolute Gasteiger partial charge is 0.360 e. The predicted octanol–water partition coefficient (Wildman–Crippen LogP) is 4.00. The minimum Gasteiger partial charge on any atom is -0.360 e. The molecule has 0 aliphatic carbocycles. The molecule has 0 spiro atoms. The molecule has 0 aliphatic rings. The van der Waals surface area contributed by atoms with E-state index in [1.165, 1.54) is 6.92 Å². The van der Waals surface area contributed by atoms with Crippen molar-refractivity contribution < 1.29 is 17.7 Å². The minimum absolute atomic E-state index is 0.0248. The Morgan fingerprint density at radius 1 is 1.03 bits per heavy atom. The molecule has 1 amide bonds. The molecule has 3 rings (SSSR count). The highest BCUT2D eigenvalue weighted by Gasteiger charge is 2.32. The van der Waals surface area contributed by atoms with Crippen molar-refractivity contribution in [2.24, 2.45) is 0 Å². The van der Waals surface area contributed by atoms with Gasteiger partial charge in [-0.3, -0.25) is 9.10 Å². The lowest BCUT2D eigenvalue weighted by atomic mass is 10.1. The van der Waals surface area contributed by atoms with Gasteiger partial charge in [-0.1, -0.05) is 41.9 Å². The van der Waals surface area contributed by atoms with Crippen LogP contribution in [0, 0.1) is 20.8 Å². The van der Waals surface area contributed by atoms with Crippen LogP contribution in [0.4, 0.5) is 11.4 Å². The maximum Gasteiger partial charge on any atom is 0.270 e. The molecule has 0 aliphatic heterocycles. The monoisotopic (exact) mass is 427 g/mol. The predicted molar refractivity (Wildman–Crippen MR) is 116 cm³/mol. The summed E-state index contributed by atoms with van der Waals surface area (Å²) in [5, 5.41) is 6.52. The number of rotatable bonds is 7. The maximum atomic E-state index is 13.4. The highest BCUT2D eigenvalue weighted by atomic mass is 32.2. The number of hydrogen-bond donors (Lipinski definition) is 1. The van der Waals surface area contributed by atoms with E-state index in [4.69, 9.17) is 4.52 Å². The fourth-order valence-electron chi connectivity index (χ4n) is 3.13. The van der Waals surface area contributed by atoms with Crippen LogP contribution >= 0.6 is 0 Å². The van der Waals surface area contributed by atoms with E-state index in [2.05, 4.69) is 10.5 Å². The van der Waals surface area contributed by atoms with Gasteiger partial charge in [-0.15, -0.1) is 0 Å². The van der Waals surface area contributed by atoms with Crippen LogP contribution in [0.2, 0.25) is 0 Å². The number of carbonyl (C=O) groups excluding carboxylic acids is 1. The summed E-state index contributed by atoms with van der Waals surface area (Å²) in [4.78, 5) is 12.7. The van der Waals surface area contributed by atoms with Gasteiger partial charge in [-0.05, 0) is 57.0 Å². The van der Waals surface area contributed by atoms with Crippen molar-refractivity contribution in [3.63, 3.8) is 0 Å². The zero-order valence-corrected chi connectivity index (χ0v) is 18.3. The minimum atomic E-state index is -4.07. The van der Waals surface area contributed by atoms with Gasteiger partial charge in [0.05, 0.1) is 5.69 Å². The zero-order chi connectivity index (χ0) is 21.9. The Kier molecular flexibility index (Phi) is 6.26. The molecule has 1 heterocycles. The molecule has 8 heteroatoms. The van der Waals surface area contributed by atoms with Crippen LogP contribution in [-0.2, 0) is 21.2 Å². The van der Waals surface area contributed by atoms with E-state index >= 15 is 0 Å². The lowest BCUT2D eigenvalue weighted by Crippen LogP contribution is -2.38. The molecule has 0 unspecified atom stereocenters. The van der Waals surface area contributed by atoms with Crippen molar-refractivity contribution in [2.45, 2.75) is 39.0 Å². The van der Waals surface area contributed by atoms with Crippen molar-refractivity contribution in [2.75, 3.05) is 16.2 Å². The highest BCUT2D eigenvalue weighted by Crippen LogP contribution is 2.28. The topological polar surface area (TPSA) is 92.5 Å². The Hall–Kier alpha value is -3.13. The van der Waals surface area contributed by atoms with Crippen LogP contribution in [0.3, 0.4) is 0 Å². The summed E-state index contributed by atoms with van der Waals surface area (Å²) in [5.74, 6) is -0.268. The normalized spacial score (nSPS) is 11.3. The second kappa shape index (κ2) is 8.71. The van der Waals surface area contributed by atoms with Crippen LogP contribution in [0.25, 0.3) is 0 Å². The maximum absolute atomic E-state index is 13.4. The van der Waals surface area contributed by atoms with Gasteiger partial charge in [0.1, 0.15) is 12.2 Å². The first-order valence-corrected chi connectivity index (χ1v) is 11.1. The number of hydrogen-bond acceptors (Lipinski definition) is 5. The van der Waals surface area contributed by atoms with Crippen LogP contribution in [0.15, 0.2) is 57.9 Å². The number of aromatic nitrogens is 1. The van der Waals surface area contributed by atoms with Crippen molar-refractivity contribution in [3.05, 3.63) is 71.1 Å². The van der Waals surface area contributed by atoms with Crippen LogP contribution in [0.1, 0.15) is 29.5 Å². The van der Waals surface area contributed by atoms with E-state index in [9.17, 15) is 13.2 Å². The Morgan fingerprint density at radius 3 is 2.20 bits per heavy atom. The average Bonchev–Trinajstić information content (AvgIpc) is 3.06. The molecule has 2 aromatic carbocycles. The molecular weight excluding hydrogens is 402 g/mol. The molecule has 1 aromatic heterocycles. The summed E-state index contributed by atoms with van der Waals surface area (Å²) in [6.07, 6.45) is 0.894. The smallest absolute Gasteiger partial charge is 0.270 e. The van der Waals surface area contributed by atoms with Crippen molar-refractivity contribution in [1.29, 1.82) is 0 Å². The summed E-state index contributed by atoms with van der Waals surface area (Å²) in [7, 11) is -4.07. The Bertz CT molecular complexity index is 1110. The number of nitrogens with one attached hydrogen (secondary N) is 1. The first-order chi connectivity index (χ1) is 14.2. The summed E-state index contributed by atoms with van der Waals surface area (Å²) in [6.45, 7) is 6.67. The quantitative estimate of drug-likeness (QED) is 0.615. The van der Waals surface area contributed by atoms with Crippen molar-refractivity contribution in [3.8, 4) is 0 Å². The van der Waals surface area contributed by atoms with E-state index in [1.807, 2.05) is 26.0 Å². The number of carbonyl (C=O) groups is 1. The van der Waals surface area contributed by atoms with E-state index in [0.29, 0.717) is 11.4 Å². The molecule has 0 atom stereocenters. The third-order valence-corrected chi connectivity index (χ3v) is 6.79. The van der Waals surface area contributed by atoms with Gasteiger partial charge in [0, 0.05) is 5.69 Å². The number of anilines is 2. The molecule has 1 N–H and O–H groups in total. The van der Waals surface area contributed by atoms with Gasteiger partial charge in [0.2, 0.25) is 5.91 Å². The standard InChI is InChI=1S/C22H25N3O4S/c1-5-18-8-10-19(11-9-18)23-21(26)14-25(20-12-6-15(2)7-13-20)30(27,28)22-16(3)24-29-17(22)4/h6-13H,5,14H2,1-4H3,(H,23,26). The molecule has 30 heavy (non-hydrogen) atoms. The van der Waals surface area contributed by atoms with E-state index in [1.54, 1.807) is 43.3 Å². The van der Waals surface area contributed by atoms with Crippen molar-refractivity contribution >= 4 is 27.3 Å². The first-order valence-electron chi connectivity index (χ1n) is 9.63. The van der Waals surface area contributed by atoms with Crippen LogP contribution < -0.4 is 9.62 Å². The number of nitrogens with zero attached hydrogens (tertiary/aromatic N) is 2. The second-order valence-electron chi connectivity index (χ2n) is 7.10. The molecule has 3 aromatic rings. The van der Waals surface area contributed by atoms with Crippen molar-refractivity contribution in [1.82, 2.24) is 5.16 Å². The molecule has 0 radical (unpaired) electrons. The highest BCUT2D eigenvalue weighted by molar-refractivity contribution is 7.93. The first kappa shape index (κ1) is 21.6. The van der Waals surface area contributed by atoms with E-state index in [0.717, 1.165) is 21.9 Å². The Balaban J connectivity index is 1.93. The zero-order valence-electron chi connectivity index (χ0n) is 17.5. The van der Waals surface area contributed by atoms with Gasteiger partial charge < -0.3 is 9.84 Å². The van der Waals surface area contributed by atoms with Gasteiger partial charge in [0.25, 0.3) is 10.0 Å². The van der Waals surface area contributed by atoms with Crippen LogP contribution in [-0.4, -0.2) is 26.0 Å². The van der Waals surface area contributed by atoms with Crippen LogP contribution in [0.5, 0.6) is 0 Å². The number of benzene rings is 2. The van der Waals surface area contributed by atoms with E-state index in [-0.39, 0.29) is 22.9 Å². The summed E-state index contributed by atoms with van der Waals surface area (Å²) in [6, 6.07) is 14.4. The molecule has 0 fully saturated rings. The second-order valence-corrected chi connectivity index (χ2v) is 8.90. The summed E-state index contributed by atoms with van der Waals surface area (Å²) in [5.41, 5.74) is 3.37. The molecule has 0 saturated heterocycles. The van der Waals surface area contributed by atoms with Gasteiger partial charge in [-0.2, -0.15) is 0 Å². The van der Waals surface area contributed by atoms with Gasteiger partial charge >= 0.3 is 0 Å². The molecule has 0 saturated carbocycles. The summed E-state index contributed by atoms with van der Waals surface area (Å²) < 4.78 is 33.0. The average molecular weight is 428 g/mol. The molecule has 7 nitrogen and oxygen atoms in total. The number of aryl methyl sites for hydroxylation is 4. The Morgan fingerprint density at radius 2 is 1.67 bits per heavy atom. The fraction of sp³-hybridized carbons (Fsp3) is 0.273. The number of amides is 1. The molecular formula is C22H25N3O4S. The van der Waals surface area contributed by atoms with Gasteiger partial charge in [-0.25, -0.2) is 8.42 Å². The summed E-state index contributed by atoms with van der Waals surface area (Å²) >= 11 is 0. The molecule has 158 valence electrons. The number of sulfonamides is 1. The third kappa shape index (κ3) is 4.54. The van der Waals surface area contributed by atoms with Gasteiger partial charge in [0.15, 0.2) is 10.7 Å². The SMILES string of the molecule is CCc1ccc(NC(=O)CN(c2ccc(C)cc2)S(=O)(=O)c2c(C)noc2C)cc1. The third-order valence-electron chi connectivity index (χ3n) is 4.77. The lowest BCUT2D eigenvalue weighted by molar-refractivity contribution is -0.114.